The van der Waals surface area contributed by atoms with Gasteiger partial charge in [0.15, 0.2) is 0 Å². The van der Waals surface area contributed by atoms with E-state index in [1.807, 2.05) is 6.07 Å². The molecular formula is C11H17BrN2O2S2. The molecule has 0 aromatic carbocycles. The normalized spacial score (nSPS) is 19.2. The van der Waals surface area contributed by atoms with E-state index in [1.165, 1.54) is 11.1 Å². The summed E-state index contributed by atoms with van der Waals surface area (Å²) in [6.07, 6.45) is 3.05. The summed E-state index contributed by atoms with van der Waals surface area (Å²) >= 11 is 5.24. The van der Waals surface area contributed by atoms with Crippen molar-refractivity contribution in [2.24, 2.45) is 0 Å². The van der Waals surface area contributed by atoms with Gasteiger partial charge in [0.25, 0.3) is 0 Å². The van der Waals surface area contributed by atoms with E-state index < -0.39 is 10.0 Å². The van der Waals surface area contributed by atoms with Crippen LogP contribution in [0.15, 0.2) is 15.9 Å². The van der Waals surface area contributed by atoms with Crippen molar-refractivity contribution in [3.63, 3.8) is 0 Å². The van der Waals surface area contributed by atoms with Gasteiger partial charge in [-0.25, -0.2) is 12.7 Å². The van der Waals surface area contributed by atoms with Crippen LogP contribution in [0.2, 0.25) is 0 Å². The fourth-order valence-corrected chi connectivity index (χ4v) is 4.40. The molecule has 0 amide bonds. The molecule has 0 saturated carbocycles. The van der Waals surface area contributed by atoms with Crippen LogP contribution in [-0.4, -0.2) is 38.1 Å². The smallest absolute Gasteiger partial charge is 0.211 e. The Balaban J connectivity index is 1.79. The number of piperidine rings is 1. The molecule has 0 unspecified atom stereocenters. The highest BCUT2D eigenvalue weighted by Crippen LogP contribution is 2.23. The maximum Gasteiger partial charge on any atom is 0.211 e. The fraction of sp³-hybridized carbons (Fsp3) is 0.636. The molecule has 1 aromatic rings. The second-order valence-electron chi connectivity index (χ2n) is 4.51. The minimum atomic E-state index is -3.01. The predicted molar refractivity (Wildman–Crippen MR) is 78.3 cm³/mol. The van der Waals surface area contributed by atoms with Crippen LogP contribution < -0.4 is 5.32 Å². The van der Waals surface area contributed by atoms with Gasteiger partial charge in [-0.15, -0.1) is 11.3 Å². The first-order valence-electron chi connectivity index (χ1n) is 5.87. The Morgan fingerprint density at radius 2 is 2.17 bits per heavy atom. The minimum Gasteiger partial charge on any atom is -0.309 e. The molecule has 18 heavy (non-hydrogen) atoms. The van der Waals surface area contributed by atoms with Crippen LogP contribution >= 0.6 is 27.3 Å². The number of halogens is 1. The first kappa shape index (κ1) is 14.5. The van der Waals surface area contributed by atoms with Gasteiger partial charge in [0.2, 0.25) is 10.0 Å². The van der Waals surface area contributed by atoms with Crippen LogP contribution in [-0.2, 0) is 16.6 Å². The summed E-state index contributed by atoms with van der Waals surface area (Å²) in [4.78, 5) is 1.29. The summed E-state index contributed by atoms with van der Waals surface area (Å²) in [5.74, 6) is 0. The highest BCUT2D eigenvalue weighted by Gasteiger charge is 2.24. The molecule has 1 N–H and O–H groups in total. The average Bonchev–Trinajstić information content (AvgIpc) is 2.72. The van der Waals surface area contributed by atoms with Crippen LogP contribution in [0.4, 0.5) is 0 Å². The molecule has 2 rings (SSSR count). The first-order valence-corrected chi connectivity index (χ1v) is 9.39. The number of hydrogen-bond acceptors (Lipinski definition) is 4. The Bertz CT molecular complexity index is 493. The van der Waals surface area contributed by atoms with Gasteiger partial charge in [0.05, 0.1) is 6.26 Å². The van der Waals surface area contributed by atoms with E-state index in [-0.39, 0.29) is 0 Å². The van der Waals surface area contributed by atoms with Crippen LogP contribution in [0.5, 0.6) is 0 Å². The molecule has 1 fully saturated rings. The van der Waals surface area contributed by atoms with Crippen molar-refractivity contribution in [1.29, 1.82) is 0 Å². The summed E-state index contributed by atoms with van der Waals surface area (Å²) in [6, 6.07) is 2.46. The molecule has 1 aliphatic heterocycles. The van der Waals surface area contributed by atoms with Gasteiger partial charge in [-0.2, -0.15) is 0 Å². The molecule has 0 radical (unpaired) electrons. The number of rotatable bonds is 4. The maximum absolute atomic E-state index is 11.4. The summed E-state index contributed by atoms with van der Waals surface area (Å²) in [5, 5.41) is 5.56. The van der Waals surface area contributed by atoms with Crippen LogP contribution in [0.25, 0.3) is 0 Å². The standard InChI is InChI=1S/C11H17BrN2O2S2/c1-18(15,16)14-5-2-9(3-6-14)13-8-11-10(12)4-7-17-11/h4,7,9,13H,2-3,5-6,8H2,1H3. The van der Waals surface area contributed by atoms with Crippen molar-refractivity contribution in [1.82, 2.24) is 9.62 Å². The average molecular weight is 353 g/mol. The Kier molecular flexibility index (Phi) is 4.82. The lowest BCUT2D eigenvalue weighted by Gasteiger charge is -2.30. The highest BCUT2D eigenvalue weighted by molar-refractivity contribution is 9.10. The third-order valence-corrected chi connectivity index (χ3v) is 6.39. The van der Waals surface area contributed by atoms with E-state index in [1.54, 1.807) is 15.6 Å². The zero-order valence-corrected chi connectivity index (χ0v) is 13.4. The number of sulfonamides is 1. The molecule has 0 bridgehead atoms. The molecule has 4 nitrogen and oxygen atoms in total. The van der Waals surface area contributed by atoms with Crippen LogP contribution in [0.3, 0.4) is 0 Å². The Labute approximate surface area is 121 Å². The largest absolute Gasteiger partial charge is 0.309 e. The van der Waals surface area contributed by atoms with Gasteiger partial charge >= 0.3 is 0 Å². The maximum atomic E-state index is 11.4. The lowest BCUT2D eigenvalue weighted by Crippen LogP contribution is -2.44. The molecule has 1 aliphatic rings. The van der Waals surface area contributed by atoms with Crippen molar-refractivity contribution in [3.05, 3.63) is 20.8 Å². The highest BCUT2D eigenvalue weighted by atomic mass is 79.9. The summed E-state index contributed by atoms with van der Waals surface area (Å²) in [5.41, 5.74) is 0. The predicted octanol–water partition coefficient (Wildman–Crippen LogP) is 2.02. The van der Waals surface area contributed by atoms with Crippen LogP contribution in [0.1, 0.15) is 17.7 Å². The molecule has 1 aromatic heterocycles. The van der Waals surface area contributed by atoms with Gasteiger partial charge in [-0.05, 0) is 40.2 Å². The quantitative estimate of drug-likeness (QED) is 0.901. The number of nitrogens with one attached hydrogen (secondary N) is 1. The molecule has 7 heteroatoms. The molecule has 0 spiro atoms. The topological polar surface area (TPSA) is 49.4 Å². The van der Waals surface area contributed by atoms with Crippen LogP contribution in [0, 0.1) is 0 Å². The SMILES string of the molecule is CS(=O)(=O)N1CCC(NCc2sccc2Br)CC1. The summed E-state index contributed by atoms with van der Waals surface area (Å²) in [7, 11) is -3.01. The lowest BCUT2D eigenvalue weighted by molar-refractivity contribution is 0.290. The van der Waals surface area contributed by atoms with E-state index in [0.717, 1.165) is 23.9 Å². The van der Waals surface area contributed by atoms with Gasteiger partial charge in [-0.3, -0.25) is 0 Å². The van der Waals surface area contributed by atoms with Crippen molar-refractivity contribution in [2.45, 2.75) is 25.4 Å². The molecule has 0 aliphatic carbocycles. The number of hydrogen-bond donors (Lipinski definition) is 1. The third kappa shape index (κ3) is 3.77. The first-order chi connectivity index (χ1) is 8.47. The summed E-state index contributed by atoms with van der Waals surface area (Å²) in [6.45, 7) is 2.10. The number of thiophene rings is 1. The molecule has 1 saturated heterocycles. The Morgan fingerprint density at radius 3 is 2.67 bits per heavy atom. The van der Waals surface area contributed by atoms with E-state index in [2.05, 4.69) is 26.6 Å². The van der Waals surface area contributed by atoms with E-state index >= 15 is 0 Å². The van der Waals surface area contributed by atoms with E-state index in [4.69, 9.17) is 0 Å². The van der Waals surface area contributed by atoms with Crippen molar-refractivity contribution in [3.8, 4) is 0 Å². The van der Waals surface area contributed by atoms with E-state index in [0.29, 0.717) is 19.1 Å². The van der Waals surface area contributed by atoms with Gasteiger partial charge in [0, 0.05) is 35.0 Å². The van der Waals surface area contributed by atoms with E-state index in [9.17, 15) is 8.42 Å². The van der Waals surface area contributed by atoms with Gasteiger partial charge in [-0.1, -0.05) is 0 Å². The molecule has 102 valence electrons. The van der Waals surface area contributed by atoms with Crippen molar-refractivity contribution < 1.29 is 8.42 Å². The Hall–Kier alpha value is 0.0500. The second-order valence-corrected chi connectivity index (χ2v) is 8.35. The Morgan fingerprint density at radius 1 is 1.50 bits per heavy atom. The number of nitrogens with zero attached hydrogens (tertiary/aromatic N) is 1. The molecular weight excluding hydrogens is 336 g/mol. The fourth-order valence-electron chi connectivity index (χ4n) is 2.08. The molecule has 0 atom stereocenters. The zero-order chi connectivity index (χ0) is 13.2. The van der Waals surface area contributed by atoms with Gasteiger partial charge in [0.1, 0.15) is 0 Å². The van der Waals surface area contributed by atoms with Crippen molar-refractivity contribution in [2.75, 3.05) is 19.3 Å². The van der Waals surface area contributed by atoms with Crippen molar-refractivity contribution >= 4 is 37.3 Å². The molecule has 2 heterocycles. The van der Waals surface area contributed by atoms with Gasteiger partial charge < -0.3 is 5.32 Å². The summed E-state index contributed by atoms with van der Waals surface area (Å²) < 4.78 is 25.5. The monoisotopic (exact) mass is 352 g/mol. The minimum absolute atomic E-state index is 0.414. The third-order valence-electron chi connectivity index (χ3n) is 3.17. The lowest BCUT2D eigenvalue weighted by atomic mass is 10.1. The second kappa shape index (κ2) is 6.00. The zero-order valence-electron chi connectivity index (χ0n) is 10.2.